The van der Waals surface area contributed by atoms with Crippen molar-refractivity contribution in [3.63, 3.8) is 0 Å². The summed E-state index contributed by atoms with van der Waals surface area (Å²) in [4.78, 5) is 1.46. The molecule has 3 rings (SSSR count). The molecule has 0 radical (unpaired) electrons. The smallest absolute Gasteiger partial charge is 0.387 e. The minimum atomic E-state index is -2.84. The van der Waals surface area contributed by atoms with Crippen LogP contribution in [-0.4, -0.2) is 44.1 Å². The highest BCUT2D eigenvalue weighted by atomic mass is 32.1. The number of nitrogens with one attached hydrogen (secondary N) is 3. The zero-order valence-corrected chi connectivity index (χ0v) is 17.1. The molecular weight excluding hydrogens is 396 g/mol. The number of thiocarbonyl (C=S) groups is 1. The van der Waals surface area contributed by atoms with Gasteiger partial charge in [-0.3, -0.25) is 0 Å². The lowest BCUT2D eigenvalue weighted by molar-refractivity contribution is -0.940. The van der Waals surface area contributed by atoms with Crippen molar-refractivity contribution in [2.24, 2.45) is 0 Å². The second-order valence-corrected chi connectivity index (χ2v) is 7.36. The van der Waals surface area contributed by atoms with Gasteiger partial charge < -0.3 is 25.0 Å². The van der Waals surface area contributed by atoms with Crippen LogP contribution in [0.4, 0.5) is 14.5 Å². The van der Waals surface area contributed by atoms with Crippen LogP contribution in [-0.2, 0) is 4.74 Å². The van der Waals surface area contributed by atoms with Crippen LogP contribution in [0.5, 0.6) is 5.75 Å². The number of anilines is 1. The first-order chi connectivity index (χ1) is 14.0. The van der Waals surface area contributed by atoms with E-state index < -0.39 is 6.61 Å². The van der Waals surface area contributed by atoms with Gasteiger partial charge in [0.25, 0.3) is 0 Å². The lowest BCUT2D eigenvalue weighted by Crippen LogP contribution is -3.15. The number of alkyl halides is 2. The lowest BCUT2D eigenvalue weighted by atomic mass is 9.98. The Morgan fingerprint density at radius 1 is 1.07 bits per heavy atom. The summed E-state index contributed by atoms with van der Waals surface area (Å²) in [6, 6.07) is 17.0. The van der Waals surface area contributed by atoms with Crippen LogP contribution in [0.15, 0.2) is 54.6 Å². The lowest BCUT2D eigenvalue weighted by Gasteiger charge is -2.35. The van der Waals surface area contributed by atoms with E-state index in [1.807, 2.05) is 6.07 Å². The number of hydrogen-bond acceptors (Lipinski definition) is 3. The maximum atomic E-state index is 12.3. The van der Waals surface area contributed by atoms with Crippen LogP contribution in [0.25, 0.3) is 0 Å². The van der Waals surface area contributed by atoms with E-state index in [0.29, 0.717) is 10.8 Å². The molecular formula is C21H26F2N3O2S+. The van der Waals surface area contributed by atoms with Gasteiger partial charge in [0.2, 0.25) is 0 Å². The van der Waals surface area contributed by atoms with E-state index in [9.17, 15) is 8.78 Å². The van der Waals surface area contributed by atoms with Crippen LogP contribution in [0, 0.1) is 0 Å². The van der Waals surface area contributed by atoms with Crippen molar-refractivity contribution in [2.75, 3.05) is 31.6 Å². The van der Waals surface area contributed by atoms with Gasteiger partial charge in [0, 0.05) is 11.3 Å². The third-order valence-electron chi connectivity index (χ3n) is 4.93. The monoisotopic (exact) mass is 422 g/mol. The number of rotatable bonds is 7. The molecule has 0 unspecified atom stereocenters. The fourth-order valence-corrected chi connectivity index (χ4v) is 3.96. The van der Waals surface area contributed by atoms with Crippen molar-refractivity contribution in [1.29, 1.82) is 0 Å². The number of halogens is 2. The van der Waals surface area contributed by atoms with Gasteiger partial charge in [-0.05, 0) is 43.4 Å². The molecule has 0 amide bonds. The van der Waals surface area contributed by atoms with Gasteiger partial charge in [-0.25, -0.2) is 0 Å². The standard InChI is InChI=1S/C21H25F2N3O2S/c1-15(19(16-5-3-2-4-6-16)26-11-13-27-14-12-26)24-21(29)25-17-7-9-18(10-8-17)28-20(22)23/h2-10,15,19-20H,11-14H2,1H3,(H2,24,25,29)/p+1/t15-,19+/m0/s1. The van der Waals surface area contributed by atoms with Crippen LogP contribution in [0.3, 0.4) is 0 Å². The quantitative estimate of drug-likeness (QED) is 0.599. The Bertz CT molecular complexity index is 771. The predicted octanol–water partition coefficient (Wildman–Crippen LogP) is 2.62. The molecule has 8 heteroatoms. The zero-order chi connectivity index (χ0) is 20.6. The third-order valence-corrected chi connectivity index (χ3v) is 5.15. The van der Waals surface area contributed by atoms with Crippen molar-refractivity contribution >= 4 is 23.0 Å². The predicted molar refractivity (Wildman–Crippen MR) is 113 cm³/mol. The van der Waals surface area contributed by atoms with Crippen molar-refractivity contribution in [1.82, 2.24) is 5.32 Å². The second kappa shape index (κ2) is 10.5. The fourth-order valence-electron chi connectivity index (χ4n) is 3.66. The van der Waals surface area contributed by atoms with Crippen LogP contribution in [0.1, 0.15) is 18.5 Å². The second-order valence-electron chi connectivity index (χ2n) is 6.95. The number of morpholine rings is 1. The number of ether oxygens (including phenoxy) is 2. The zero-order valence-electron chi connectivity index (χ0n) is 16.2. The van der Waals surface area contributed by atoms with Crippen LogP contribution in [0.2, 0.25) is 0 Å². The van der Waals surface area contributed by atoms with E-state index >= 15 is 0 Å². The number of hydrogen-bond donors (Lipinski definition) is 3. The molecule has 1 saturated heterocycles. The first-order valence-electron chi connectivity index (χ1n) is 9.62. The molecule has 156 valence electrons. The Morgan fingerprint density at radius 3 is 2.34 bits per heavy atom. The van der Waals surface area contributed by atoms with Gasteiger partial charge in [-0.1, -0.05) is 30.3 Å². The highest BCUT2D eigenvalue weighted by molar-refractivity contribution is 7.80. The fraction of sp³-hybridized carbons (Fsp3) is 0.381. The minimum absolute atomic E-state index is 0.0759. The topological polar surface area (TPSA) is 47.0 Å². The highest BCUT2D eigenvalue weighted by Gasteiger charge is 2.31. The molecule has 1 fully saturated rings. The van der Waals surface area contributed by atoms with Crippen LogP contribution < -0.4 is 20.3 Å². The molecule has 5 nitrogen and oxygen atoms in total. The summed E-state index contributed by atoms with van der Waals surface area (Å²) in [6.45, 7) is 2.67. The number of quaternary nitrogens is 1. The summed E-state index contributed by atoms with van der Waals surface area (Å²) in [5.41, 5.74) is 1.95. The average Bonchev–Trinajstić information content (AvgIpc) is 2.71. The van der Waals surface area contributed by atoms with E-state index in [2.05, 4.69) is 46.6 Å². The number of benzene rings is 2. The van der Waals surface area contributed by atoms with E-state index in [0.717, 1.165) is 26.3 Å². The largest absolute Gasteiger partial charge is 0.435 e. The summed E-state index contributed by atoms with van der Waals surface area (Å²) in [7, 11) is 0. The molecule has 1 heterocycles. The molecule has 2 atom stereocenters. The SMILES string of the molecule is C[C@H](NC(=S)Nc1ccc(OC(F)F)cc1)[C@H](c1ccccc1)[NH+]1CCOCC1. The van der Waals surface area contributed by atoms with E-state index in [-0.39, 0.29) is 17.8 Å². The maximum absolute atomic E-state index is 12.3. The Kier molecular flexibility index (Phi) is 7.74. The first kappa shape index (κ1) is 21.4. The Labute approximate surface area is 175 Å². The molecule has 1 aliphatic rings. The van der Waals surface area contributed by atoms with Gasteiger partial charge in [-0.2, -0.15) is 8.78 Å². The summed E-state index contributed by atoms with van der Waals surface area (Å²) in [6.07, 6.45) is 0. The van der Waals surface area contributed by atoms with Crippen molar-refractivity contribution in [2.45, 2.75) is 25.6 Å². The van der Waals surface area contributed by atoms with Crippen molar-refractivity contribution in [3.8, 4) is 5.75 Å². The van der Waals surface area contributed by atoms with Gasteiger partial charge in [0.15, 0.2) is 5.11 Å². The molecule has 0 aliphatic carbocycles. The molecule has 2 aromatic rings. The average molecular weight is 423 g/mol. The first-order valence-corrected chi connectivity index (χ1v) is 10.0. The summed E-state index contributed by atoms with van der Waals surface area (Å²) in [5, 5.41) is 6.96. The third kappa shape index (κ3) is 6.35. The van der Waals surface area contributed by atoms with Gasteiger partial charge >= 0.3 is 6.61 Å². The molecule has 3 N–H and O–H groups in total. The molecule has 0 spiro atoms. The molecule has 1 aliphatic heterocycles. The summed E-state index contributed by atoms with van der Waals surface area (Å²) >= 11 is 5.48. The van der Waals surface area contributed by atoms with Crippen molar-refractivity contribution in [3.05, 3.63) is 60.2 Å². The Morgan fingerprint density at radius 2 is 1.72 bits per heavy atom. The maximum Gasteiger partial charge on any atom is 0.387 e. The van der Waals surface area contributed by atoms with Crippen molar-refractivity contribution < 1.29 is 23.2 Å². The molecule has 29 heavy (non-hydrogen) atoms. The van der Waals surface area contributed by atoms with Gasteiger partial charge in [-0.15, -0.1) is 0 Å². The normalized spacial score (nSPS) is 16.8. The molecule has 0 saturated carbocycles. The Balaban J connectivity index is 1.64. The van der Waals surface area contributed by atoms with Gasteiger partial charge in [0.05, 0.1) is 19.3 Å². The molecule has 2 aromatic carbocycles. The molecule has 0 aromatic heterocycles. The van der Waals surface area contributed by atoms with E-state index in [4.69, 9.17) is 17.0 Å². The van der Waals surface area contributed by atoms with Crippen LogP contribution >= 0.6 is 12.2 Å². The summed E-state index contributed by atoms with van der Waals surface area (Å²) in [5.74, 6) is 0.109. The molecule has 0 bridgehead atoms. The minimum Gasteiger partial charge on any atom is -0.435 e. The summed E-state index contributed by atoms with van der Waals surface area (Å²) < 4.78 is 34.4. The van der Waals surface area contributed by atoms with E-state index in [1.54, 1.807) is 12.1 Å². The highest BCUT2D eigenvalue weighted by Crippen LogP contribution is 2.18. The Hall–Kier alpha value is -2.29. The van der Waals surface area contributed by atoms with Gasteiger partial charge in [0.1, 0.15) is 24.9 Å². The van der Waals surface area contributed by atoms with E-state index in [1.165, 1.54) is 22.6 Å².